The van der Waals surface area contributed by atoms with Crippen molar-refractivity contribution in [2.45, 2.75) is 6.92 Å². The number of hydrogen-bond donors (Lipinski definition) is 0. The lowest BCUT2D eigenvalue weighted by atomic mass is 10.1. The van der Waals surface area contributed by atoms with Crippen LogP contribution in [0.4, 0.5) is 5.69 Å². The maximum Gasteiger partial charge on any atom is 0.110 e. The van der Waals surface area contributed by atoms with Gasteiger partial charge in [-0.3, -0.25) is 0 Å². The van der Waals surface area contributed by atoms with Crippen molar-refractivity contribution in [1.29, 1.82) is 0 Å². The van der Waals surface area contributed by atoms with E-state index in [-0.39, 0.29) is 0 Å². The molecule has 0 radical (unpaired) electrons. The lowest BCUT2D eigenvalue weighted by molar-refractivity contribution is 0.567. The summed E-state index contributed by atoms with van der Waals surface area (Å²) in [6.07, 6.45) is 3.95. The number of hydrogen-bond acceptors (Lipinski definition) is 3. The van der Waals surface area contributed by atoms with Crippen LogP contribution in [-0.2, 0) is 0 Å². The Bertz CT molecular complexity index is 356. The molecule has 3 heteroatoms. The standard InChI is InChI=1S/C11H14N2O/c1-9-8-10(6-7-13(2)3)4-5-11(9)12-14/h4-8H,1-3H3/b7-6+. The molecule has 1 aromatic rings. The Kier molecular flexibility index (Phi) is 3.40. The van der Waals surface area contributed by atoms with E-state index in [1.807, 2.05) is 50.3 Å². The van der Waals surface area contributed by atoms with E-state index in [2.05, 4.69) is 5.18 Å². The van der Waals surface area contributed by atoms with Crippen molar-refractivity contribution in [3.05, 3.63) is 40.4 Å². The quantitative estimate of drug-likeness (QED) is 0.686. The summed E-state index contributed by atoms with van der Waals surface area (Å²) in [5, 5.41) is 2.92. The first-order valence-electron chi connectivity index (χ1n) is 4.42. The van der Waals surface area contributed by atoms with E-state index in [1.54, 1.807) is 6.07 Å². The van der Waals surface area contributed by atoms with Crippen LogP contribution in [0.25, 0.3) is 6.08 Å². The van der Waals surface area contributed by atoms with Crippen LogP contribution in [0.1, 0.15) is 11.1 Å². The summed E-state index contributed by atoms with van der Waals surface area (Å²) < 4.78 is 0. The highest BCUT2D eigenvalue weighted by atomic mass is 16.3. The summed E-state index contributed by atoms with van der Waals surface area (Å²) >= 11 is 0. The Morgan fingerprint density at radius 2 is 2.07 bits per heavy atom. The Balaban J connectivity index is 2.91. The second kappa shape index (κ2) is 4.56. The Morgan fingerprint density at radius 1 is 1.36 bits per heavy atom. The molecule has 0 saturated carbocycles. The number of aryl methyl sites for hydroxylation is 1. The molecule has 0 heterocycles. The fourth-order valence-corrected chi connectivity index (χ4v) is 1.12. The van der Waals surface area contributed by atoms with Crippen LogP contribution in [0.5, 0.6) is 0 Å². The molecule has 1 aromatic carbocycles. The molecule has 0 atom stereocenters. The molecule has 1 rings (SSSR count). The van der Waals surface area contributed by atoms with E-state index in [4.69, 9.17) is 0 Å². The second-order valence-electron chi connectivity index (χ2n) is 3.42. The Morgan fingerprint density at radius 3 is 2.57 bits per heavy atom. The Hall–Kier alpha value is -1.64. The predicted octanol–water partition coefficient (Wildman–Crippen LogP) is 2.93. The molecular formula is C11H14N2O. The Labute approximate surface area is 84.0 Å². The molecule has 0 amide bonds. The normalized spacial score (nSPS) is 10.5. The highest BCUT2D eigenvalue weighted by molar-refractivity contribution is 5.56. The van der Waals surface area contributed by atoms with Gasteiger partial charge in [0, 0.05) is 14.1 Å². The van der Waals surface area contributed by atoms with E-state index in [1.165, 1.54) is 0 Å². The average molecular weight is 190 g/mol. The first-order valence-corrected chi connectivity index (χ1v) is 4.42. The van der Waals surface area contributed by atoms with Crippen molar-refractivity contribution in [3.8, 4) is 0 Å². The zero-order chi connectivity index (χ0) is 10.6. The number of nitrogens with zero attached hydrogens (tertiary/aromatic N) is 2. The summed E-state index contributed by atoms with van der Waals surface area (Å²) in [5.74, 6) is 0. The molecule has 0 aliphatic rings. The number of nitroso groups, excluding NO2 is 1. The van der Waals surface area contributed by atoms with Crippen LogP contribution in [0.3, 0.4) is 0 Å². The second-order valence-corrected chi connectivity index (χ2v) is 3.42. The van der Waals surface area contributed by atoms with Crippen molar-refractivity contribution in [3.63, 3.8) is 0 Å². The van der Waals surface area contributed by atoms with Crippen LogP contribution in [-0.4, -0.2) is 19.0 Å². The summed E-state index contributed by atoms with van der Waals surface area (Å²) in [6.45, 7) is 1.88. The van der Waals surface area contributed by atoms with Crippen LogP contribution in [0.15, 0.2) is 29.6 Å². The van der Waals surface area contributed by atoms with Gasteiger partial charge in [0.2, 0.25) is 0 Å². The van der Waals surface area contributed by atoms with Gasteiger partial charge in [-0.05, 0) is 47.6 Å². The van der Waals surface area contributed by atoms with E-state index in [0.29, 0.717) is 5.69 Å². The van der Waals surface area contributed by atoms with Crippen LogP contribution >= 0.6 is 0 Å². The van der Waals surface area contributed by atoms with Gasteiger partial charge >= 0.3 is 0 Å². The molecule has 0 spiro atoms. The van der Waals surface area contributed by atoms with Crippen molar-refractivity contribution in [1.82, 2.24) is 4.90 Å². The van der Waals surface area contributed by atoms with Crippen molar-refractivity contribution >= 4 is 11.8 Å². The van der Waals surface area contributed by atoms with Gasteiger partial charge in [-0.25, -0.2) is 0 Å². The van der Waals surface area contributed by atoms with Gasteiger partial charge < -0.3 is 4.90 Å². The average Bonchev–Trinajstić information content (AvgIpc) is 2.15. The summed E-state index contributed by atoms with van der Waals surface area (Å²) in [7, 11) is 3.93. The third-order valence-corrected chi connectivity index (χ3v) is 1.88. The fraction of sp³-hybridized carbons (Fsp3) is 0.273. The molecule has 0 aliphatic carbocycles. The van der Waals surface area contributed by atoms with Crippen LogP contribution in [0.2, 0.25) is 0 Å². The summed E-state index contributed by atoms with van der Waals surface area (Å²) in [4.78, 5) is 12.3. The lowest BCUT2D eigenvalue weighted by Crippen LogP contribution is -1.99. The maximum absolute atomic E-state index is 10.3. The maximum atomic E-state index is 10.3. The van der Waals surface area contributed by atoms with Gasteiger partial charge in [0.05, 0.1) is 0 Å². The molecule has 0 bridgehead atoms. The summed E-state index contributed by atoms with van der Waals surface area (Å²) in [6, 6.07) is 5.55. The van der Waals surface area contributed by atoms with E-state index in [0.717, 1.165) is 11.1 Å². The lowest BCUT2D eigenvalue weighted by Gasteiger charge is -2.04. The van der Waals surface area contributed by atoms with Gasteiger partial charge in [0.1, 0.15) is 5.69 Å². The third-order valence-electron chi connectivity index (χ3n) is 1.88. The van der Waals surface area contributed by atoms with E-state index < -0.39 is 0 Å². The number of rotatable bonds is 3. The van der Waals surface area contributed by atoms with Crippen molar-refractivity contribution < 1.29 is 0 Å². The van der Waals surface area contributed by atoms with Gasteiger partial charge in [0.25, 0.3) is 0 Å². The smallest absolute Gasteiger partial charge is 0.110 e. The minimum Gasteiger partial charge on any atom is -0.383 e. The van der Waals surface area contributed by atoms with Crippen LogP contribution in [0, 0.1) is 11.8 Å². The zero-order valence-electron chi connectivity index (χ0n) is 8.69. The number of benzene rings is 1. The SMILES string of the molecule is Cc1cc(/C=C/N(C)C)ccc1N=O. The van der Waals surface area contributed by atoms with Gasteiger partial charge in [-0.15, -0.1) is 4.91 Å². The molecule has 0 aliphatic heterocycles. The largest absolute Gasteiger partial charge is 0.383 e. The van der Waals surface area contributed by atoms with E-state index >= 15 is 0 Å². The highest BCUT2D eigenvalue weighted by Gasteiger charge is 1.97. The molecule has 0 fully saturated rings. The molecule has 0 saturated heterocycles. The van der Waals surface area contributed by atoms with Gasteiger partial charge in [0.15, 0.2) is 0 Å². The molecule has 0 unspecified atom stereocenters. The predicted molar refractivity (Wildman–Crippen MR) is 59.4 cm³/mol. The van der Waals surface area contributed by atoms with Crippen LogP contribution < -0.4 is 0 Å². The third kappa shape index (κ3) is 2.69. The first-order chi connectivity index (χ1) is 6.63. The molecular weight excluding hydrogens is 176 g/mol. The minimum atomic E-state index is 0.506. The monoisotopic (exact) mass is 190 g/mol. The summed E-state index contributed by atoms with van der Waals surface area (Å²) in [5.41, 5.74) is 2.48. The van der Waals surface area contributed by atoms with Gasteiger partial charge in [-0.2, -0.15) is 0 Å². The molecule has 0 N–H and O–H groups in total. The molecule has 74 valence electrons. The van der Waals surface area contributed by atoms with Crippen molar-refractivity contribution in [2.24, 2.45) is 5.18 Å². The first kappa shape index (κ1) is 10.4. The fourth-order valence-electron chi connectivity index (χ4n) is 1.12. The topological polar surface area (TPSA) is 32.7 Å². The zero-order valence-corrected chi connectivity index (χ0v) is 8.69. The molecule has 0 aromatic heterocycles. The highest BCUT2D eigenvalue weighted by Crippen LogP contribution is 2.19. The van der Waals surface area contributed by atoms with E-state index in [9.17, 15) is 4.91 Å². The van der Waals surface area contributed by atoms with Gasteiger partial charge in [-0.1, -0.05) is 6.07 Å². The van der Waals surface area contributed by atoms with Crippen molar-refractivity contribution in [2.75, 3.05) is 14.1 Å². The molecule has 3 nitrogen and oxygen atoms in total. The minimum absolute atomic E-state index is 0.506. The molecule has 14 heavy (non-hydrogen) atoms.